The van der Waals surface area contributed by atoms with E-state index in [9.17, 15) is 4.79 Å². The van der Waals surface area contributed by atoms with Crippen molar-refractivity contribution in [3.8, 4) is 11.5 Å². The number of hydrogen-bond donors (Lipinski definition) is 0. The van der Waals surface area contributed by atoms with Gasteiger partial charge in [0.15, 0.2) is 5.17 Å². The first-order valence-corrected chi connectivity index (χ1v) is 11.3. The highest BCUT2D eigenvalue weighted by atomic mass is 32.2. The maximum Gasteiger partial charge on any atom is 0.242 e. The van der Waals surface area contributed by atoms with Crippen LogP contribution in [0.15, 0.2) is 70.9 Å². The van der Waals surface area contributed by atoms with Gasteiger partial charge in [0, 0.05) is 11.6 Å². The van der Waals surface area contributed by atoms with E-state index in [-0.39, 0.29) is 11.2 Å². The van der Waals surface area contributed by atoms with Crippen LogP contribution in [0.4, 0.5) is 0 Å². The summed E-state index contributed by atoms with van der Waals surface area (Å²) >= 11 is 1.46. The lowest BCUT2D eigenvalue weighted by molar-refractivity contribution is -0.126. The SMILES string of the molecule is CCC1SC(=NN=Cc2ccc(OC)cc2OC)N(Cc2cccc3ccccc23)C1=O. The molecule has 0 bridgehead atoms. The number of nitrogens with zero attached hydrogens (tertiary/aromatic N) is 3. The fraction of sp³-hybridized carbons (Fsp3) is 0.240. The Bertz CT molecular complexity index is 1190. The Labute approximate surface area is 191 Å². The lowest BCUT2D eigenvalue weighted by Crippen LogP contribution is -2.31. The molecule has 0 spiro atoms. The summed E-state index contributed by atoms with van der Waals surface area (Å²) in [7, 11) is 3.21. The highest BCUT2D eigenvalue weighted by Crippen LogP contribution is 2.32. The van der Waals surface area contributed by atoms with E-state index in [4.69, 9.17) is 9.47 Å². The van der Waals surface area contributed by atoms with Gasteiger partial charge in [-0.05, 0) is 34.9 Å². The van der Waals surface area contributed by atoms with Crippen LogP contribution in [0.1, 0.15) is 24.5 Å². The van der Waals surface area contributed by atoms with Crippen molar-refractivity contribution in [2.75, 3.05) is 14.2 Å². The number of thioether (sulfide) groups is 1. The van der Waals surface area contributed by atoms with E-state index in [1.165, 1.54) is 11.8 Å². The first-order chi connectivity index (χ1) is 15.6. The van der Waals surface area contributed by atoms with Crippen molar-refractivity contribution in [1.82, 2.24) is 4.90 Å². The van der Waals surface area contributed by atoms with E-state index >= 15 is 0 Å². The number of carbonyl (C=O) groups is 1. The lowest BCUT2D eigenvalue weighted by Gasteiger charge is -2.17. The number of rotatable bonds is 7. The van der Waals surface area contributed by atoms with Gasteiger partial charge in [0.2, 0.25) is 5.91 Å². The van der Waals surface area contributed by atoms with E-state index < -0.39 is 0 Å². The molecular formula is C25H25N3O3S. The third kappa shape index (κ3) is 4.48. The molecule has 1 amide bonds. The van der Waals surface area contributed by atoms with Crippen molar-refractivity contribution in [2.24, 2.45) is 10.2 Å². The first-order valence-electron chi connectivity index (χ1n) is 10.4. The summed E-state index contributed by atoms with van der Waals surface area (Å²) < 4.78 is 10.6. The maximum atomic E-state index is 13.0. The summed E-state index contributed by atoms with van der Waals surface area (Å²) in [6.45, 7) is 2.48. The Balaban J connectivity index is 1.62. The molecule has 1 aliphatic heterocycles. The summed E-state index contributed by atoms with van der Waals surface area (Å²) in [6.07, 6.45) is 2.37. The molecule has 0 aliphatic carbocycles. The highest BCUT2D eigenvalue weighted by Gasteiger charge is 2.37. The van der Waals surface area contributed by atoms with Crippen LogP contribution in [-0.4, -0.2) is 41.7 Å². The molecule has 0 aromatic heterocycles. The largest absolute Gasteiger partial charge is 0.497 e. The van der Waals surface area contributed by atoms with Crippen molar-refractivity contribution in [3.05, 3.63) is 71.8 Å². The topological polar surface area (TPSA) is 63.5 Å². The van der Waals surface area contributed by atoms with Gasteiger partial charge >= 0.3 is 0 Å². The van der Waals surface area contributed by atoms with Crippen LogP contribution >= 0.6 is 11.8 Å². The van der Waals surface area contributed by atoms with Gasteiger partial charge in [-0.1, -0.05) is 61.2 Å². The molecule has 0 N–H and O–H groups in total. The van der Waals surface area contributed by atoms with Crippen LogP contribution in [0, 0.1) is 0 Å². The fourth-order valence-corrected chi connectivity index (χ4v) is 4.68. The minimum absolute atomic E-state index is 0.0708. The monoisotopic (exact) mass is 447 g/mol. The minimum Gasteiger partial charge on any atom is -0.497 e. The average molecular weight is 448 g/mol. The van der Waals surface area contributed by atoms with Crippen molar-refractivity contribution in [1.29, 1.82) is 0 Å². The molecule has 0 radical (unpaired) electrons. The average Bonchev–Trinajstić information content (AvgIpc) is 3.13. The third-order valence-corrected chi connectivity index (χ3v) is 6.71. The number of benzene rings is 3. The van der Waals surface area contributed by atoms with Crippen LogP contribution < -0.4 is 9.47 Å². The predicted molar refractivity (Wildman–Crippen MR) is 131 cm³/mol. The molecular weight excluding hydrogens is 422 g/mol. The highest BCUT2D eigenvalue weighted by molar-refractivity contribution is 8.15. The molecule has 7 heteroatoms. The Morgan fingerprint density at radius 3 is 2.66 bits per heavy atom. The molecule has 3 aromatic carbocycles. The number of amides is 1. The second-order valence-electron chi connectivity index (χ2n) is 7.31. The summed E-state index contributed by atoms with van der Waals surface area (Å²) in [5.74, 6) is 1.42. The predicted octanol–water partition coefficient (Wildman–Crippen LogP) is 5.10. The molecule has 164 valence electrons. The molecule has 3 aromatic rings. The van der Waals surface area contributed by atoms with Crippen molar-refractivity contribution in [2.45, 2.75) is 25.1 Å². The summed E-state index contributed by atoms with van der Waals surface area (Å²) in [5.41, 5.74) is 1.86. The zero-order valence-corrected chi connectivity index (χ0v) is 19.1. The van der Waals surface area contributed by atoms with E-state index in [0.29, 0.717) is 23.2 Å². The number of fused-ring (bicyclic) bond motifs is 1. The van der Waals surface area contributed by atoms with Crippen molar-refractivity contribution in [3.63, 3.8) is 0 Å². The van der Waals surface area contributed by atoms with Gasteiger partial charge in [0.1, 0.15) is 11.5 Å². The van der Waals surface area contributed by atoms with Crippen LogP contribution in [-0.2, 0) is 11.3 Å². The molecule has 1 heterocycles. The molecule has 1 aliphatic rings. The van der Waals surface area contributed by atoms with E-state index in [1.807, 2.05) is 37.3 Å². The fourth-order valence-electron chi connectivity index (χ4n) is 3.66. The molecule has 0 saturated carbocycles. The van der Waals surface area contributed by atoms with Gasteiger partial charge in [-0.3, -0.25) is 9.69 Å². The molecule has 1 saturated heterocycles. The zero-order chi connectivity index (χ0) is 22.5. The number of ether oxygens (including phenoxy) is 2. The van der Waals surface area contributed by atoms with E-state index in [1.54, 1.807) is 31.4 Å². The first kappa shape index (κ1) is 21.9. The molecule has 1 fully saturated rings. The van der Waals surface area contributed by atoms with Crippen LogP contribution in [0.25, 0.3) is 10.8 Å². The number of methoxy groups -OCH3 is 2. The third-order valence-electron chi connectivity index (χ3n) is 5.38. The van der Waals surface area contributed by atoms with Crippen LogP contribution in [0.2, 0.25) is 0 Å². The van der Waals surface area contributed by atoms with Crippen molar-refractivity contribution >= 4 is 39.8 Å². The molecule has 32 heavy (non-hydrogen) atoms. The van der Waals surface area contributed by atoms with Gasteiger partial charge in [0.25, 0.3) is 0 Å². The standard InChI is InChI=1S/C25H25N3O3S/c1-4-23-24(29)28(16-19-10-7-9-17-8-5-6-11-21(17)19)25(32-23)27-26-15-18-12-13-20(30-2)14-22(18)31-3/h5-15,23H,4,16H2,1-3H3. The van der Waals surface area contributed by atoms with Gasteiger partial charge in [-0.2, -0.15) is 5.10 Å². The maximum absolute atomic E-state index is 13.0. The number of hydrogen-bond acceptors (Lipinski definition) is 6. The zero-order valence-electron chi connectivity index (χ0n) is 18.3. The minimum atomic E-state index is -0.144. The Kier molecular flexibility index (Phi) is 6.75. The molecule has 1 atom stereocenters. The Morgan fingerprint density at radius 2 is 1.88 bits per heavy atom. The van der Waals surface area contributed by atoms with Crippen LogP contribution in [0.5, 0.6) is 11.5 Å². The van der Waals surface area contributed by atoms with Crippen molar-refractivity contribution < 1.29 is 14.3 Å². The smallest absolute Gasteiger partial charge is 0.242 e. The van der Waals surface area contributed by atoms with Gasteiger partial charge in [-0.25, -0.2) is 0 Å². The Hall–Kier alpha value is -3.32. The molecule has 6 nitrogen and oxygen atoms in total. The molecule has 1 unspecified atom stereocenters. The normalized spacial score (nSPS) is 17.6. The molecule has 4 rings (SSSR count). The van der Waals surface area contributed by atoms with Gasteiger partial charge in [0.05, 0.1) is 32.2 Å². The second-order valence-corrected chi connectivity index (χ2v) is 8.48. The Morgan fingerprint density at radius 1 is 1.06 bits per heavy atom. The number of amidine groups is 1. The summed E-state index contributed by atoms with van der Waals surface area (Å²) in [4.78, 5) is 14.8. The van der Waals surface area contributed by atoms with E-state index in [2.05, 4.69) is 34.5 Å². The quantitative estimate of drug-likeness (QED) is 0.373. The van der Waals surface area contributed by atoms with E-state index in [0.717, 1.165) is 28.3 Å². The van der Waals surface area contributed by atoms with Gasteiger partial charge in [-0.15, -0.1) is 5.10 Å². The number of carbonyl (C=O) groups excluding carboxylic acids is 1. The summed E-state index contributed by atoms with van der Waals surface area (Å²) in [6, 6.07) is 19.8. The second kappa shape index (κ2) is 9.87. The van der Waals surface area contributed by atoms with Crippen LogP contribution in [0.3, 0.4) is 0 Å². The van der Waals surface area contributed by atoms with Gasteiger partial charge < -0.3 is 9.47 Å². The summed E-state index contributed by atoms with van der Waals surface area (Å²) in [5, 5.41) is 11.4. The lowest BCUT2D eigenvalue weighted by atomic mass is 10.0.